The fourth-order valence-electron chi connectivity index (χ4n) is 3.78. The molecule has 0 bridgehead atoms. The third kappa shape index (κ3) is 4.35. The predicted molar refractivity (Wildman–Crippen MR) is 130 cm³/mol. The number of fused-ring (bicyclic) bond motifs is 1. The van der Waals surface area contributed by atoms with Crippen LogP contribution in [-0.2, 0) is 16.6 Å². The van der Waals surface area contributed by atoms with Gasteiger partial charge in [-0.15, -0.1) is 0 Å². The summed E-state index contributed by atoms with van der Waals surface area (Å²) >= 11 is 0. The van der Waals surface area contributed by atoms with Gasteiger partial charge in [-0.3, -0.25) is 14.4 Å². The summed E-state index contributed by atoms with van der Waals surface area (Å²) in [7, 11) is 0. The molecule has 0 atom stereocenters. The van der Waals surface area contributed by atoms with E-state index < -0.39 is 0 Å². The van der Waals surface area contributed by atoms with Crippen LogP contribution in [0.15, 0.2) is 70.4 Å². The molecule has 1 N–H and O–H groups in total. The van der Waals surface area contributed by atoms with Crippen molar-refractivity contribution in [3.8, 4) is 5.69 Å². The number of nitrogens with one attached hydrogen (secondary N) is 1. The highest BCUT2D eigenvalue weighted by Gasteiger charge is 2.20. The number of anilines is 1. The van der Waals surface area contributed by atoms with E-state index in [1.165, 1.54) is 0 Å². The van der Waals surface area contributed by atoms with Gasteiger partial charge in [-0.05, 0) is 41.0 Å². The Balaban J connectivity index is 1.28. The smallest absolute Gasteiger partial charge is 0.230 e. The van der Waals surface area contributed by atoms with Crippen LogP contribution in [0.4, 0.5) is 5.82 Å². The van der Waals surface area contributed by atoms with Crippen LogP contribution >= 0.6 is 0 Å². The van der Waals surface area contributed by atoms with Crippen LogP contribution in [0.2, 0.25) is 0 Å². The first-order valence-electron chi connectivity index (χ1n) is 10.9. The van der Waals surface area contributed by atoms with Gasteiger partial charge < -0.3 is 9.84 Å². The van der Waals surface area contributed by atoms with Gasteiger partial charge in [0.15, 0.2) is 5.82 Å². The average molecular weight is 440 g/mol. The molecule has 0 spiro atoms. The number of hydrogen-bond acceptors (Lipinski definition) is 5. The molecule has 1 amide bonds. The molecule has 0 radical (unpaired) electrons. The van der Waals surface area contributed by atoms with Crippen molar-refractivity contribution in [2.75, 3.05) is 11.9 Å². The van der Waals surface area contributed by atoms with Crippen LogP contribution < -0.4 is 5.32 Å². The van der Waals surface area contributed by atoms with Crippen LogP contribution in [0.5, 0.6) is 0 Å². The van der Waals surface area contributed by atoms with Gasteiger partial charge in [0.1, 0.15) is 12.1 Å². The molecule has 4 aromatic rings. The molecule has 0 unspecified atom stereocenters. The van der Waals surface area contributed by atoms with Crippen molar-refractivity contribution < 1.29 is 9.32 Å². The molecule has 1 aliphatic rings. The third-order valence-electron chi connectivity index (χ3n) is 5.62. The van der Waals surface area contributed by atoms with Crippen molar-refractivity contribution in [3.05, 3.63) is 77.8 Å². The van der Waals surface area contributed by atoms with Crippen LogP contribution in [0.1, 0.15) is 37.7 Å². The van der Waals surface area contributed by atoms with Crippen molar-refractivity contribution >= 4 is 34.5 Å². The topological polar surface area (TPSA) is 85.3 Å². The minimum atomic E-state index is -0.160. The summed E-state index contributed by atoms with van der Waals surface area (Å²) in [5, 5.41) is 6.75. The van der Waals surface area contributed by atoms with Crippen LogP contribution in [0, 0.1) is 0 Å². The lowest BCUT2D eigenvalue weighted by molar-refractivity contribution is -0.115. The number of benzene rings is 2. The zero-order valence-electron chi connectivity index (χ0n) is 18.9. The molecule has 166 valence electrons. The van der Waals surface area contributed by atoms with Gasteiger partial charge in [-0.2, -0.15) is 0 Å². The fourth-order valence-corrected chi connectivity index (χ4v) is 3.78. The van der Waals surface area contributed by atoms with E-state index in [1.807, 2.05) is 62.1 Å². The number of allylic oxidation sites excluding steroid dienone is 1. The number of aromatic nitrogens is 3. The zero-order chi connectivity index (χ0) is 23.0. The van der Waals surface area contributed by atoms with Crippen LogP contribution in [-0.4, -0.2) is 33.4 Å². The minimum Gasteiger partial charge on any atom is -0.359 e. The summed E-state index contributed by atoms with van der Waals surface area (Å²) in [4.78, 5) is 21.3. The van der Waals surface area contributed by atoms with Crippen molar-refractivity contribution in [1.82, 2.24) is 14.7 Å². The molecule has 33 heavy (non-hydrogen) atoms. The maximum Gasteiger partial charge on any atom is 0.230 e. The minimum absolute atomic E-state index is 0.137. The lowest BCUT2D eigenvalue weighted by Crippen LogP contribution is -2.14. The second kappa shape index (κ2) is 8.16. The van der Waals surface area contributed by atoms with Gasteiger partial charge in [0.05, 0.1) is 24.0 Å². The standard InChI is InChI=1S/C26H25N5O2/c1-26(2,3)23-14-24(30-33-23)29-25(32)12-17-4-7-20(8-5-17)31-16-28-21-13-18(6-9-22(21)31)19-10-11-27-15-19/h4-10,13-16H,11-12H2,1-3H3,(H,29,30,32). The number of amides is 1. The number of imidazole rings is 1. The van der Waals surface area contributed by atoms with Gasteiger partial charge in [-0.1, -0.05) is 50.2 Å². The number of hydrogen-bond donors (Lipinski definition) is 1. The first kappa shape index (κ1) is 20.9. The van der Waals surface area contributed by atoms with Crippen LogP contribution in [0.25, 0.3) is 22.3 Å². The second-order valence-electron chi connectivity index (χ2n) is 9.19. The Morgan fingerprint density at radius 1 is 1.12 bits per heavy atom. The molecule has 0 saturated heterocycles. The highest BCUT2D eigenvalue weighted by molar-refractivity contribution is 6.12. The van der Waals surface area contributed by atoms with E-state index in [9.17, 15) is 4.79 Å². The van der Waals surface area contributed by atoms with Gasteiger partial charge >= 0.3 is 0 Å². The Morgan fingerprint density at radius 3 is 2.64 bits per heavy atom. The van der Waals surface area contributed by atoms with Crippen LogP contribution in [0.3, 0.4) is 0 Å². The molecule has 0 fully saturated rings. The van der Waals surface area contributed by atoms with Crippen molar-refractivity contribution in [2.45, 2.75) is 32.6 Å². The number of aliphatic imine (C=N–C) groups is 1. The summed E-state index contributed by atoms with van der Waals surface area (Å²) in [5.41, 5.74) is 5.95. The number of carbonyl (C=O) groups excluding carboxylic acids is 1. The molecule has 2 aromatic carbocycles. The molecule has 7 nitrogen and oxygen atoms in total. The molecule has 5 rings (SSSR count). The molecule has 2 aromatic heterocycles. The van der Waals surface area contributed by atoms with E-state index in [0.717, 1.165) is 45.7 Å². The van der Waals surface area contributed by atoms with E-state index in [0.29, 0.717) is 5.82 Å². The van der Waals surface area contributed by atoms with Gasteiger partial charge in [0, 0.05) is 23.4 Å². The van der Waals surface area contributed by atoms with Crippen molar-refractivity contribution in [3.63, 3.8) is 0 Å². The van der Waals surface area contributed by atoms with Gasteiger partial charge in [0.25, 0.3) is 0 Å². The molecule has 0 saturated carbocycles. The Morgan fingerprint density at radius 2 is 1.94 bits per heavy atom. The number of carbonyl (C=O) groups is 1. The summed E-state index contributed by atoms with van der Waals surface area (Å²) in [5.74, 6) is 1.03. The predicted octanol–water partition coefficient (Wildman–Crippen LogP) is 4.96. The maximum atomic E-state index is 12.4. The Kier molecular flexibility index (Phi) is 5.17. The molecule has 3 heterocycles. The van der Waals surface area contributed by atoms with E-state index in [4.69, 9.17) is 4.52 Å². The number of rotatable bonds is 5. The summed E-state index contributed by atoms with van der Waals surface area (Å²) in [6.45, 7) is 6.84. The monoisotopic (exact) mass is 439 g/mol. The maximum absolute atomic E-state index is 12.4. The van der Waals surface area contributed by atoms with Gasteiger partial charge in [-0.25, -0.2) is 4.98 Å². The SMILES string of the molecule is CC(C)(C)c1cc(NC(=O)Cc2ccc(-n3cnc4cc(C5=CCN=C5)ccc43)cc2)no1. The summed E-state index contributed by atoms with van der Waals surface area (Å²) < 4.78 is 7.37. The zero-order valence-corrected chi connectivity index (χ0v) is 18.9. The Bertz CT molecular complexity index is 1380. The summed E-state index contributed by atoms with van der Waals surface area (Å²) in [6.07, 6.45) is 6.09. The van der Waals surface area contributed by atoms with E-state index in [-0.39, 0.29) is 17.7 Å². The second-order valence-corrected chi connectivity index (χ2v) is 9.19. The molecule has 7 heteroatoms. The Hall–Kier alpha value is -4.00. The lowest BCUT2D eigenvalue weighted by Gasteiger charge is -2.12. The first-order chi connectivity index (χ1) is 15.9. The van der Waals surface area contributed by atoms with Gasteiger partial charge in [0.2, 0.25) is 5.91 Å². The molecular formula is C26H25N5O2. The Labute approximate surface area is 191 Å². The molecule has 0 aliphatic carbocycles. The van der Waals surface area contributed by atoms with E-state index in [1.54, 1.807) is 6.07 Å². The van der Waals surface area contributed by atoms with E-state index >= 15 is 0 Å². The average Bonchev–Trinajstić information content (AvgIpc) is 3.54. The van der Waals surface area contributed by atoms with Crippen molar-refractivity contribution in [2.24, 2.45) is 4.99 Å². The molecular weight excluding hydrogens is 414 g/mol. The normalized spacial score (nSPS) is 13.5. The fraction of sp³-hybridized carbons (Fsp3) is 0.231. The largest absolute Gasteiger partial charge is 0.359 e. The van der Waals surface area contributed by atoms with Crippen molar-refractivity contribution in [1.29, 1.82) is 0 Å². The highest BCUT2D eigenvalue weighted by Crippen LogP contribution is 2.25. The third-order valence-corrected chi connectivity index (χ3v) is 5.62. The highest BCUT2D eigenvalue weighted by atomic mass is 16.5. The molecule has 1 aliphatic heterocycles. The quantitative estimate of drug-likeness (QED) is 0.476. The first-order valence-corrected chi connectivity index (χ1v) is 10.9. The lowest BCUT2D eigenvalue weighted by atomic mass is 9.93. The number of nitrogens with zero attached hydrogens (tertiary/aromatic N) is 4. The summed E-state index contributed by atoms with van der Waals surface area (Å²) in [6, 6.07) is 15.9. The van der Waals surface area contributed by atoms with E-state index in [2.05, 4.69) is 44.7 Å².